The fourth-order valence-electron chi connectivity index (χ4n) is 1.62. The Balaban J connectivity index is 2.35. The predicted octanol–water partition coefficient (Wildman–Crippen LogP) is 2.94. The Bertz CT molecular complexity index is 724. The van der Waals surface area contributed by atoms with Gasteiger partial charge in [-0.05, 0) is 36.2 Å². The van der Waals surface area contributed by atoms with Gasteiger partial charge in [0.15, 0.2) is 0 Å². The molecule has 19 heavy (non-hydrogen) atoms. The van der Waals surface area contributed by atoms with Crippen LogP contribution in [0.3, 0.4) is 0 Å². The lowest BCUT2D eigenvalue weighted by atomic mass is 10.2. The zero-order chi connectivity index (χ0) is 13.9. The molecule has 0 amide bonds. The van der Waals surface area contributed by atoms with E-state index < -0.39 is 15.8 Å². The molecule has 3 nitrogen and oxygen atoms in total. The normalized spacial score (nSPS) is 11.9. The van der Waals surface area contributed by atoms with Crippen LogP contribution >= 0.6 is 0 Å². The van der Waals surface area contributed by atoms with Crippen LogP contribution in [-0.4, -0.2) is 14.6 Å². The van der Waals surface area contributed by atoms with Gasteiger partial charge in [-0.25, -0.2) is 4.39 Å². The first-order valence-electron chi connectivity index (χ1n) is 5.60. The molecule has 0 unspecified atom stereocenters. The summed E-state index contributed by atoms with van der Waals surface area (Å²) >= 11 is 0. The molecule has 2 rings (SSSR count). The van der Waals surface area contributed by atoms with Crippen molar-refractivity contribution in [2.45, 2.75) is 11.8 Å². The van der Waals surface area contributed by atoms with Crippen molar-refractivity contribution >= 4 is 16.2 Å². The van der Waals surface area contributed by atoms with Crippen molar-refractivity contribution in [2.75, 3.05) is 0 Å². The van der Waals surface area contributed by atoms with Gasteiger partial charge in [0.25, 0.3) is 10.0 Å². The molecular weight excluding hydrogens is 265 g/mol. The number of rotatable bonds is 3. The Labute approximate surface area is 111 Å². The minimum atomic E-state index is -3.75. The maximum Gasteiger partial charge on any atom is 0.282 e. The van der Waals surface area contributed by atoms with Gasteiger partial charge in [0, 0.05) is 6.21 Å². The van der Waals surface area contributed by atoms with Gasteiger partial charge in [-0.1, -0.05) is 30.3 Å². The zero-order valence-corrected chi connectivity index (χ0v) is 11.1. The molecule has 0 aliphatic carbocycles. The summed E-state index contributed by atoms with van der Waals surface area (Å²) in [4.78, 5) is 0.155. The summed E-state index contributed by atoms with van der Waals surface area (Å²) in [6, 6.07) is 12.2. The highest BCUT2D eigenvalue weighted by molar-refractivity contribution is 7.90. The number of halogens is 1. The first-order chi connectivity index (χ1) is 8.99. The molecule has 0 aliphatic rings. The Morgan fingerprint density at radius 1 is 1.11 bits per heavy atom. The van der Waals surface area contributed by atoms with E-state index in [9.17, 15) is 12.8 Å². The average Bonchev–Trinajstić information content (AvgIpc) is 2.37. The summed E-state index contributed by atoms with van der Waals surface area (Å²) in [6.07, 6.45) is 1.14. The van der Waals surface area contributed by atoms with Crippen LogP contribution in [0.15, 0.2) is 57.8 Å². The molecule has 2 aromatic rings. The Morgan fingerprint density at radius 2 is 1.84 bits per heavy atom. The molecule has 5 heteroatoms. The van der Waals surface area contributed by atoms with Crippen molar-refractivity contribution in [3.05, 3.63) is 65.5 Å². The number of hydrogen-bond donors (Lipinski definition) is 0. The summed E-state index contributed by atoms with van der Waals surface area (Å²) in [5.74, 6) is -0.433. The van der Waals surface area contributed by atoms with E-state index in [1.165, 1.54) is 24.3 Å². The third-order valence-electron chi connectivity index (χ3n) is 2.56. The smallest absolute Gasteiger partial charge is 0.207 e. The second-order valence-electron chi connectivity index (χ2n) is 4.03. The van der Waals surface area contributed by atoms with Crippen molar-refractivity contribution in [3.63, 3.8) is 0 Å². The van der Waals surface area contributed by atoms with Gasteiger partial charge in [-0.2, -0.15) is 12.8 Å². The first kappa shape index (κ1) is 13.4. The quantitative estimate of drug-likeness (QED) is 0.810. The van der Waals surface area contributed by atoms with E-state index >= 15 is 0 Å². The number of nitrogens with zero attached hydrogens (tertiary/aromatic N) is 1. The first-order valence-corrected chi connectivity index (χ1v) is 7.04. The summed E-state index contributed by atoms with van der Waals surface area (Å²) in [6.45, 7) is 1.70. The molecule has 0 saturated carbocycles. The van der Waals surface area contributed by atoms with Crippen molar-refractivity contribution in [2.24, 2.45) is 4.40 Å². The minimum Gasteiger partial charge on any atom is -0.207 e. The highest BCUT2D eigenvalue weighted by atomic mass is 32.2. The van der Waals surface area contributed by atoms with E-state index in [1.807, 2.05) is 0 Å². The number of aryl methyl sites for hydroxylation is 1. The molecule has 0 fully saturated rings. The number of benzene rings is 2. The van der Waals surface area contributed by atoms with Crippen LogP contribution < -0.4 is 0 Å². The van der Waals surface area contributed by atoms with Crippen molar-refractivity contribution in [3.8, 4) is 0 Å². The number of sulfonamides is 1. The summed E-state index contributed by atoms with van der Waals surface area (Å²) in [7, 11) is -3.75. The van der Waals surface area contributed by atoms with Crippen LogP contribution in [0.5, 0.6) is 0 Å². The SMILES string of the molecule is Cc1ccccc1S(=O)(=O)N=Cc1cccc(F)c1. The van der Waals surface area contributed by atoms with Crippen LogP contribution in [0, 0.1) is 12.7 Å². The molecular formula is C14H12FNO2S. The zero-order valence-electron chi connectivity index (χ0n) is 10.2. The van der Waals surface area contributed by atoms with Crippen molar-refractivity contribution in [1.82, 2.24) is 0 Å². The Hall–Kier alpha value is -2.01. The topological polar surface area (TPSA) is 46.5 Å². The molecule has 0 N–H and O–H groups in total. The number of hydrogen-bond acceptors (Lipinski definition) is 2. The van der Waals surface area contributed by atoms with E-state index in [0.717, 1.165) is 6.21 Å². The van der Waals surface area contributed by atoms with Gasteiger partial charge < -0.3 is 0 Å². The molecule has 0 aliphatic heterocycles. The van der Waals surface area contributed by atoms with E-state index in [2.05, 4.69) is 4.40 Å². The fourth-order valence-corrected chi connectivity index (χ4v) is 2.72. The Morgan fingerprint density at radius 3 is 2.53 bits per heavy atom. The minimum absolute atomic E-state index is 0.155. The Kier molecular flexibility index (Phi) is 3.76. The monoisotopic (exact) mass is 277 g/mol. The molecule has 98 valence electrons. The maximum absolute atomic E-state index is 13.0. The maximum atomic E-state index is 13.0. The molecule has 0 heterocycles. The van der Waals surface area contributed by atoms with E-state index in [4.69, 9.17) is 0 Å². The predicted molar refractivity (Wildman–Crippen MR) is 72.4 cm³/mol. The highest BCUT2D eigenvalue weighted by Crippen LogP contribution is 2.16. The van der Waals surface area contributed by atoms with Gasteiger partial charge >= 0.3 is 0 Å². The summed E-state index contributed by atoms with van der Waals surface area (Å²) in [5.41, 5.74) is 1.02. The third-order valence-corrected chi connectivity index (χ3v) is 3.96. The average molecular weight is 277 g/mol. The molecule has 0 saturated heterocycles. The van der Waals surface area contributed by atoms with Gasteiger partial charge in [-0.15, -0.1) is 0 Å². The highest BCUT2D eigenvalue weighted by Gasteiger charge is 2.13. The van der Waals surface area contributed by atoms with Crippen LogP contribution in [0.4, 0.5) is 4.39 Å². The molecule has 0 spiro atoms. The summed E-state index contributed by atoms with van der Waals surface area (Å²) < 4.78 is 40.6. The second kappa shape index (κ2) is 5.32. The molecule has 0 atom stereocenters. The van der Waals surface area contributed by atoms with E-state index in [0.29, 0.717) is 11.1 Å². The lowest BCUT2D eigenvalue weighted by molar-refractivity contribution is 0.597. The lowest BCUT2D eigenvalue weighted by Gasteiger charge is -2.02. The third kappa shape index (κ3) is 3.26. The van der Waals surface area contributed by atoms with E-state index in [-0.39, 0.29) is 4.90 Å². The molecule has 0 radical (unpaired) electrons. The van der Waals surface area contributed by atoms with Crippen LogP contribution in [0.2, 0.25) is 0 Å². The molecule has 0 aromatic heterocycles. The standard InChI is InChI=1S/C14H12FNO2S/c1-11-5-2-3-8-14(11)19(17,18)16-10-12-6-4-7-13(15)9-12/h2-10H,1H3. The van der Waals surface area contributed by atoms with Crippen molar-refractivity contribution in [1.29, 1.82) is 0 Å². The van der Waals surface area contributed by atoms with Gasteiger partial charge in [0.05, 0.1) is 4.90 Å². The van der Waals surface area contributed by atoms with Crippen molar-refractivity contribution < 1.29 is 12.8 Å². The largest absolute Gasteiger partial charge is 0.282 e. The molecule has 0 bridgehead atoms. The second-order valence-corrected chi connectivity index (χ2v) is 5.63. The fraction of sp³-hybridized carbons (Fsp3) is 0.0714. The van der Waals surface area contributed by atoms with Crippen LogP contribution in [0.25, 0.3) is 0 Å². The van der Waals surface area contributed by atoms with Gasteiger partial charge in [0.2, 0.25) is 0 Å². The molecule has 2 aromatic carbocycles. The van der Waals surface area contributed by atoms with Crippen LogP contribution in [-0.2, 0) is 10.0 Å². The summed E-state index contributed by atoms with van der Waals surface area (Å²) in [5, 5.41) is 0. The lowest BCUT2D eigenvalue weighted by Crippen LogP contribution is -2.00. The van der Waals surface area contributed by atoms with E-state index in [1.54, 1.807) is 31.2 Å². The van der Waals surface area contributed by atoms with Crippen LogP contribution in [0.1, 0.15) is 11.1 Å². The van der Waals surface area contributed by atoms with Gasteiger partial charge in [-0.3, -0.25) is 0 Å². The van der Waals surface area contributed by atoms with Gasteiger partial charge in [0.1, 0.15) is 5.82 Å².